The van der Waals surface area contributed by atoms with Crippen molar-refractivity contribution in [2.24, 2.45) is 17.8 Å². The van der Waals surface area contributed by atoms with Gasteiger partial charge in [-0.2, -0.15) is 0 Å². The molecule has 0 aliphatic heterocycles. The smallest absolute Gasteiger partial charge is 0.0180 e. The van der Waals surface area contributed by atoms with Crippen molar-refractivity contribution in [2.45, 2.75) is 33.6 Å². The Bertz CT molecular complexity index is 135. The minimum absolute atomic E-state index is 0.815. The minimum Gasteiger partial charge on any atom is -0.0999 e. The Morgan fingerprint density at radius 1 is 1.30 bits per heavy atom. The SMILES string of the molecule is C=C(C)[C@@H]1CC[C@@H](C)[C@@H]1C. The molecule has 10 heavy (non-hydrogen) atoms. The zero-order valence-corrected chi connectivity index (χ0v) is 7.35. The fourth-order valence-corrected chi connectivity index (χ4v) is 2.06. The van der Waals surface area contributed by atoms with E-state index in [1.165, 1.54) is 18.4 Å². The topological polar surface area (TPSA) is 0 Å². The molecule has 0 aromatic carbocycles. The molecule has 58 valence electrons. The summed E-state index contributed by atoms with van der Waals surface area (Å²) in [6, 6.07) is 0. The second-order valence-electron chi connectivity index (χ2n) is 3.87. The van der Waals surface area contributed by atoms with Gasteiger partial charge in [0.15, 0.2) is 0 Å². The van der Waals surface area contributed by atoms with Crippen LogP contribution in [0.25, 0.3) is 0 Å². The van der Waals surface area contributed by atoms with Gasteiger partial charge in [-0.3, -0.25) is 0 Å². The highest BCUT2D eigenvalue weighted by molar-refractivity contribution is 5.02. The van der Waals surface area contributed by atoms with Crippen LogP contribution in [-0.2, 0) is 0 Å². The lowest BCUT2D eigenvalue weighted by Crippen LogP contribution is -2.08. The number of allylic oxidation sites excluding steroid dienone is 1. The molecule has 0 heterocycles. The quantitative estimate of drug-likeness (QED) is 0.488. The van der Waals surface area contributed by atoms with Crippen molar-refractivity contribution < 1.29 is 0 Å². The largest absolute Gasteiger partial charge is 0.0999 e. The Morgan fingerprint density at radius 3 is 2.10 bits per heavy atom. The van der Waals surface area contributed by atoms with Crippen molar-refractivity contribution in [2.75, 3.05) is 0 Å². The van der Waals surface area contributed by atoms with Crippen LogP contribution < -0.4 is 0 Å². The second-order valence-corrected chi connectivity index (χ2v) is 3.87. The fourth-order valence-electron chi connectivity index (χ4n) is 2.06. The Kier molecular flexibility index (Phi) is 2.18. The number of hydrogen-bond donors (Lipinski definition) is 0. The first kappa shape index (κ1) is 7.84. The molecule has 0 spiro atoms. The lowest BCUT2D eigenvalue weighted by Gasteiger charge is -2.17. The average Bonchev–Trinajstić information content (AvgIpc) is 2.14. The first-order valence-corrected chi connectivity index (χ1v) is 4.28. The van der Waals surface area contributed by atoms with Crippen LogP contribution in [0, 0.1) is 17.8 Å². The van der Waals surface area contributed by atoms with Crippen LogP contribution in [0.3, 0.4) is 0 Å². The molecule has 1 saturated carbocycles. The van der Waals surface area contributed by atoms with Crippen molar-refractivity contribution in [3.8, 4) is 0 Å². The van der Waals surface area contributed by atoms with E-state index in [1.807, 2.05) is 0 Å². The Hall–Kier alpha value is -0.260. The number of rotatable bonds is 1. The molecule has 0 bridgehead atoms. The molecule has 3 atom stereocenters. The summed E-state index contributed by atoms with van der Waals surface area (Å²) < 4.78 is 0. The van der Waals surface area contributed by atoms with Gasteiger partial charge >= 0.3 is 0 Å². The third-order valence-corrected chi connectivity index (χ3v) is 3.10. The summed E-state index contributed by atoms with van der Waals surface area (Å²) in [7, 11) is 0. The Labute approximate surface area is 64.3 Å². The normalized spacial score (nSPS) is 40.1. The molecular formula is C10H18. The van der Waals surface area contributed by atoms with E-state index >= 15 is 0 Å². The van der Waals surface area contributed by atoms with Gasteiger partial charge in [0.2, 0.25) is 0 Å². The van der Waals surface area contributed by atoms with E-state index < -0.39 is 0 Å². The van der Waals surface area contributed by atoms with Gasteiger partial charge in [0, 0.05) is 0 Å². The summed E-state index contributed by atoms with van der Waals surface area (Å²) in [5.74, 6) is 2.61. The molecule has 0 aromatic rings. The van der Waals surface area contributed by atoms with Crippen LogP contribution in [0.1, 0.15) is 33.6 Å². The molecule has 1 aliphatic rings. The van der Waals surface area contributed by atoms with E-state index in [0.717, 1.165) is 17.8 Å². The third kappa shape index (κ3) is 1.25. The molecular weight excluding hydrogens is 120 g/mol. The molecule has 1 rings (SSSR count). The van der Waals surface area contributed by atoms with Crippen LogP contribution in [0.2, 0.25) is 0 Å². The van der Waals surface area contributed by atoms with Crippen LogP contribution in [0.4, 0.5) is 0 Å². The molecule has 0 nitrogen and oxygen atoms in total. The van der Waals surface area contributed by atoms with Crippen LogP contribution in [0.5, 0.6) is 0 Å². The highest BCUT2D eigenvalue weighted by Crippen LogP contribution is 2.39. The fraction of sp³-hybridized carbons (Fsp3) is 0.800. The zero-order chi connectivity index (χ0) is 7.72. The first-order valence-electron chi connectivity index (χ1n) is 4.28. The third-order valence-electron chi connectivity index (χ3n) is 3.10. The maximum atomic E-state index is 4.02. The summed E-state index contributed by atoms with van der Waals surface area (Å²) in [5, 5.41) is 0. The highest BCUT2D eigenvalue weighted by Gasteiger charge is 2.29. The van der Waals surface area contributed by atoms with Crippen molar-refractivity contribution in [1.82, 2.24) is 0 Å². The van der Waals surface area contributed by atoms with E-state index in [0.29, 0.717) is 0 Å². The van der Waals surface area contributed by atoms with Gasteiger partial charge in [0.1, 0.15) is 0 Å². The molecule has 0 N–H and O–H groups in total. The van der Waals surface area contributed by atoms with Crippen LogP contribution >= 0.6 is 0 Å². The van der Waals surface area contributed by atoms with E-state index in [4.69, 9.17) is 0 Å². The molecule has 0 saturated heterocycles. The standard InChI is InChI=1S/C10H18/c1-7(2)10-6-5-8(3)9(10)4/h8-10H,1,5-6H2,2-4H3/t8-,9+,10+/m1/s1. The van der Waals surface area contributed by atoms with Crippen molar-refractivity contribution >= 4 is 0 Å². The summed E-state index contributed by atoms with van der Waals surface area (Å²) in [6.07, 6.45) is 2.77. The van der Waals surface area contributed by atoms with E-state index in [1.54, 1.807) is 0 Å². The predicted molar refractivity (Wildman–Crippen MR) is 45.9 cm³/mol. The summed E-state index contributed by atoms with van der Waals surface area (Å²) in [5.41, 5.74) is 1.39. The van der Waals surface area contributed by atoms with Crippen molar-refractivity contribution in [1.29, 1.82) is 0 Å². The second kappa shape index (κ2) is 2.77. The molecule has 0 unspecified atom stereocenters. The molecule has 0 heteroatoms. The number of hydrogen-bond acceptors (Lipinski definition) is 0. The van der Waals surface area contributed by atoms with E-state index in [2.05, 4.69) is 27.4 Å². The predicted octanol–water partition coefficient (Wildman–Crippen LogP) is 3.24. The zero-order valence-electron chi connectivity index (χ0n) is 7.35. The minimum atomic E-state index is 0.815. The van der Waals surface area contributed by atoms with Gasteiger partial charge < -0.3 is 0 Å². The van der Waals surface area contributed by atoms with Crippen LogP contribution in [-0.4, -0.2) is 0 Å². The lowest BCUT2D eigenvalue weighted by atomic mass is 9.88. The highest BCUT2D eigenvalue weighted by atomic mass is 14.3. The van der Waals surface area contributed by atoms with Gasteiger partial charge in [0.25, 0.3) is 0 Å². The van der Waals surface area contributed by atoms with Gasteiger partial charge in [-0.1, -0.05) is 26.0 Å². The molecule has 0 radical (unpaired) electrons. The van der Waals surface area contributed by atoms with Gasteiger partial charge in [-0.25, -0.2) is 0 Å². The molecule has 1 fully saturated rings. The average molecular weight is 138 g/mol. The van der Waals surface area contributed by atoms with Gasteiger partial charge in [-0.05, 0) is 37.5 Å². The molecule has 0 amide bonds. The summed E-state index contributed by atoms with van der Waals surface area (Å²) in [4.78, 5) is 0. The van der Waals surface area contributed by atoms with Gasteiger partial charge in [0.05, 0.1) is 0 Å². The lowest BCUT2D eigenvalue weighted by molar-refractivity contribution is 0.395. The first-order chi connectivity index (χ1) is 4.63. The summed E-state index contributed by atoms with van der Waals surface area (Å²) >= 11 is 0. The van der Waals surface area contributed by atoms with E-state index in [9.17, 15) is 0 Å². The Balaban J connectivity index is 2.57. The Morgan fingerprint density at radius 2 is 1.90 bits per heavy atom. The van der Waals surface area contributed by atoms with Crippen molar-refractivity contribution in [3.05, 3.63) is 12.2 Å². The van der Waals surface area contributed by atoms with Crippen LogP contribution in [0.15, 0.2) is 12.2 Å². The monoisotopic (exact) mass is 138 g/mol. The molecule has 0 aromatic heterocycles. The maximum Gasteiger partial charge on any atom is -0.0180 e. The van der Waals surface area contributed by atoms with E-state index in [-0.39, 0.29) is 0 Å². The maximum absolute atomic E-state index is 4.02. The van der Waals surface area contributed by atoms with Crippen molar-refractivity contribution in [3.63, 3.8) is 0 Å². The molecule has 1 aliphatic carbocycles. The van der Waals surface area contributed by atoms with Gasteiger partial charge in [-0.15, -0.1) is 0 Å². The summed E-state index contributed by atoms with van der Waals surface area (Å²) in [6.45, 7) is 10.9.